The summed E-state index contributed by atoms with van der Waals surface area (Å²) in [5.41, 5.74) is 1.35. The van der Waals surface area contributed by atoms with Crippen molar-refractivity contribution in [3.05, 3.63) is 52.0 Å². The first-order valence-electron chi connectivity index (χ1n) is 7.44. The van der Waals surface area contributed by atoms with Gasteiger partial charge in [0.2, 0.25) is 5.91 Å². The van der Waals surface area contributed by atoms with Crippen LogP contribution in [-0.4, -0.2) is 35.4 Å². The number of aryl methyl sites for hydroxylation is 1. The molecule has 6 heteroatoms. The number of esters is 1. The van der Waals surface area contributed by atoms with Crippen LogP contribution in [0, 0.1) is 12.8 Å². The molecule has 23 heavy (non-hydrogen) atoms. The van der Waals surface area contributed by atoms with E-state index in [1.807, 2.05) is 24.4 Å². The van der Waals surface area contributed by atoms with Gasteiger partial charge < -0.3 is 9.64 Å². The van der Waals surface area contributed by atoms with Gasteiger partial charge in [0.15, 0.2) is 0 Å². The average Bonchev–Trinajstić information content (AvgIpc) is 3.14. The van der Waals surface area contributed by atoms with Crippen LogP contribution < -0.4 is 0 Å². The fourth-order valence-electron chi connectivity index (χ4n) is 2.92. The van der Waals surface area contributed by atoms with E-state index in [0.717, 1.165) is 10.4 Å². The summed E-state index contributed by atoms with van der Waals surface area (Å²) in [7, 11) is 1.80. The number of rotatable bonds is 4. The lowest BCUT2D eigenvalue weighted by Gasteiger charge is -2.23. The van der Waals surface area contributed by atoms with Gasteiger partial charge in [-0.05, 0) is 30.0 Å². The molecule has 2 unspecified atom stereocenters. The van der Waals surface area contributed by atoms with Crippen molar-refractivity contribution >= 4 is 23.2 Å². The largest absolute Gasteiger partial charge is 0.462 e. The van der Waals surface area contributed by atoms with Crippen LogP contribution in [0.2, 0.25) is 0 Å². The molecule has 2 aromatic rings. The van der Waals surface area contributed by atoms with Crippen LogP contribution in [0.1, 0.15) is 33.3 Å². The molecular formula is C17H18N2O3S. The van der Waals surface area contributed by atoms with Crippen molar-refractivity contribution in [2.45, 2.75) is 19.4 Å². The number of likely N-dealkylation sites (tertiary alicyclic amines) is 1. The van der Waals surface area contributed by atoms with Crippen LogP contribution in [0.15, 0.2) is 36.0 Å². The van der Waals surface area contributed by atoms with Crippen molar-refractivity contribution in [3.8, 4) is 0 Å². The molecule has 5 nitrogen and oxygen atoms in total. The minimum absolute atomic E-state index is 0.0205. The maximum absolute atomic E-state index is 12.2. The second kappa shape index (κ2) is 6.50. The molecule has 3 rings (SSSR count). The van der Waals surface area contributed by atoms with Crippen LogP contribution in [0.3, 0.4) is 0 Å². The molecule has 0 saturated carbocycles. The second-order valence-corrected chi connectivity index (χ2v) is 6.76. The Kier molecular flexibility index (Phi) is 4.43. The molecule has 1 saturated heterocycles. The van der Waals surface area contributed by atoms with Gasteiger partial charge in [0.25, 0.3) is 0 Å². The van der Waals surface area contributed by atoms with Crippen LogP contribution in [0.4, 0.5) is 0 Å². The van der Waals surface area contributed by atoms with E-state index in [9.17, 15) is 9.59 Å². The van der Waals surface area contributed by atoms with E-state index in [2.05, 4.69) is 4.98 Å². The van der Waals surface area contributed by atoms with Crippen molar-refractivity contribution in [1.82, 2.24) is 9.88 Å². The monoisotopic (exact) mass is 330 g/mol. The normalized spacial score (nSPS) is 20.8. The number of thiophene rings is 1. The van der Waals surface area contributed by atoms with Crippen molar-refractivity contribution in [2.75, 3.05) is 13.7 Å². The maximum atomic E-state index is 12.2. The Bertz CT molecular complexity index is 714. The molecule has 1 amide bonds. The minimum Gasteiger partial charge on any atom is -0.462 e. The first kappa shape index (κ1) is 15.7. The number of hydrogen-bond donors (Lipinski definition) is 0. The van der Waals surface area contributed by atoms with E-state index >= 15 is 0 Å². The maximum Gasteiger partial charge on any atom is 0.339 e. The first-order chi connectivity index (χ1) is 11.1. The summed E-state index contributed by atoms with van der Waals surface area (Å²) in [5.74, 6) is -0.331. The summed E-state index contributed by atoms with van der Waals surface area (Å²) in [5, 5.41) is 1.99. The third kappa shape index (κ3) is 3.27. The molecule has 0 bridgehead atoms. The quantitative estimate of drug-likeness (QED) is 0.809. The molecule has 2 atom stereocenters. The number of amides is 1. The summed E-state index contributed by atoms with van der Waals surface area (Å²) in [6.45, 7) is 2.10. The number of carbonyl (C=O) groups is 2. The van der Waals surface area contributed by atoms with Crippen LogP contribution in [0.5, 0.6) is 0 Å². The number of carbonyl (C=O) groups excluding carboxylic acids is 2. The van der Waals surface area contributed by atoms with E-state index in [0.29, 0.717) is 12.0 Å². The third-order valence-corrected chi connectivity index (χ3v) is 5.01. The van der Waals surface area contributed by atoms with Crippen molar-refractivity contribution < 1.29 is 14.3 Å². The Hall–Kier alpha value is -2.21. The summed E-state index contributed by atoms with van der Waals surface area (Å²) >= 11 is 1.62. The molecule has 1 aliphatic rings. The number of nitrogens with zero attached hydrogens (tertiary/aromatic N) is 2. The highest BCUT2D eigenvalue weighted by Gasteiger charge is 2.39. The smallest absolute Gasteiger partial charge is 0.339 e. The molecule has 0 aromatic carbocycles. The molecule has 3 heterocycles. The third-order valence-electron chi connectivity index (χ3n) is 4.07. The van der Waals surface area contributed by atoms with Crippen LogP contribution in [-0.2, 0) is 9.53 Å². The zero-order valence-electron chi connectivity index (χ0n) is 13.1. The summed E-state index contributed by atoms with van der Waals surface area (Å²) in [6, 6.07) is 5.71. The molecule has 0 aliphatic carbocycles. The molecule has 1 fully saturated rings. The number of pyridine rings is 1. The highest BCUT2D eigenvalue weighted by atomic mass is 32.1. The van der Waals surface area contributed by atoms with E-state index in [-0.39, 0.29) is 24.5 Å². The number of hydrogen-bond acceptors (Lipinski definition) is 5. The Morgan fingerprint density at radius 1 is 1.48 bits per heavy atom. The topological polar surface area (TPSA) is 59.5 Å². The fraction of sp³-hybridized carbons (Fsp3) is 0.353. The molecule has 1 aliphatic heterocycles. The van der Waals surface area contributed by atoms with Crippen molar-refractivity contribution in [3.63, 3.8) is 0 Å². The van der Waals surface area contributed by atoms with Gasteiger partial charge in [-0.3, -0.25) is 9.78 Å². The Morgan fingerprint density at radius 3 is 3.00 bits per heavy atom. The van der Waals surface area contributed by atoms with Crippen molar-refractivity contribution in [2.24, 2.45) is 5.92 Å². The van der Waals surface area contributed by atoms with Gasteiger partial charge in [-0.15, -0.1) is 11.3 Å². The van der Waals surface area contributed by atoms with E-state index in [1.54, 1.807) is 35.5 Å². The predicted octanol–water partition coefficient (Wildman–Crippen LogP) is 2.83. The van der Waals surface area contributed by atoms with Gasteiger partial charge >= 0.3 is 5.97 Å². The molecule has 0 spiro atoms. The van der Waals surface area contributed by atoms with E-state index in [4.69, 9.17) is 4.74 Å². The fourth-order valence-corrected chi connectivity index (χ4v) is 3.88. The van der Waals surface area contributed by atoms with Crippen molar-refractivity contribution in [1.29, 1.82) is 0 Å². The second-order valence-electron chi connectivity index (χ2n) is 5.78. The molecule has 120 valence electrons. The number of aromatic nitrogens is 1. The standard InChI is InChI=1S/C17H18N2O3S/c1-11-6-12(9-18-8-11)17(21)22-10-13-7-15(20)19(2)16(13)14-4-3-5-23-14/h3-6,8-9,13,16H,7,10H2,1-2H3. The summed E-state index contributed by atoms with van der Waals surface area (Å²) in [6.07, 6.45) is 3.59. The summed E-state index contributed by atoms with van der Waals surface area (Å²) in [4.78, 5) is 31.1. The van der Waals surface area contributed by atoms with Gasteiger partial charge in [-0.1, -0.05) is 6.07 Å². The zero-order chi connectivity index (χ0) is 16.4. The van der Waals surface area contributed by atoms with E-state index < -0.39 is 5.97 Å². The molecular weight excluding hydrogens is 312 g/mol. The van der Waals surface area contributed by atoms with Crippen LogP contribution >= 0.6 is 11.3 Å². The van der Waals surface area contributed by atoms with E-state index in [1.165, 1.54) is 6.20 Å². The predicted molar refractivity (Wildman–Crippen MR) is 87.2 cm³/mol. The van der Waals surface area contributed by atoms with Gasteiger partial charge in [-0.25, -0.2) is 4.79 Å². The first-order valence-corrected chi connectivity index (χ1v) is 8.32. The summed E-state index contributed by atoms with van der Waals surface area (Å²) < 4.78 is 5.44. The number of ether oxygens (including phenoxy) is 1. The zero-order valence-corrected chi connectivity index (χ0v) is 13.9. The minimum atomic E-state index is -0.395. The lowest BCUT2D eigenvalue weighted by molar-refractivity contribution is -0.127. The van der Waals surface area contributed by atoms with Gasteiger partial charge in [0.1, 0.15) is 0 Å². The lowest BCUT2D eigenvalue weighted by Crippen LogP contribution is -2.25. The lowest BCUT2D eigenvalue weighted by atomic mass is 10.00. The van der Waals surface area contributed by atoms with Gasteiger partial charge in [-0.2, -0.15) is 0 Å². The van der Waals surface area contributed by atoms with Gasteiger partial charge in [0.05, 0.1) is 18.2 Å². The van der Waals surface area contributed by atoms with Gasteiger partial charge in [0, 0.05) is 36.7 Å². The molecule has 0 radical (unpaired) electrons. The average molecular weight is 330 g/mol. The highest BCUT2D eigenvalue weighted by Crippen LogP contribution is 2.39. The Balaban J connectivity index is 1.69. The Labute approximate surface area is 138 Å². The molecule has 0 N–H and O–H groups in total. The SMILES string of the molecule is Cc1cncc(C(=O)OCC2CC(=O)N(C)C2c2cccs2)c1. The molecule has 2 aromatic heterocycles. The Morgan fingerprint density at radius 2 is 2.30 bits per heavy atom. The highest BCUT2D eigenvalue weighted by molar-refractivity contribution is 7.10. The van der Waals surface area contributed by atoms with Crippen LogP contribution in [0.25, 0.3) is 0 Å².